The van der Waals surface area contributed by atoms with E-state index in [0.29, 0.717) is 6.42 Å². The van der Waals surface area contributed by atoms with E-state index in [9.17, 15) is 10.2 Å². The van der Waals surface area contributed by atoms with Gasteiger partial charge >= 0.3 is 0 Å². The second kappa shape index (κ2) is 11.5. The first-order valence-corrected chi connectivity index (χ1v) is 13.8. The van der Waals surface area contributed by atoms with E-state index in [1.165, 1.54) is 10.6 Å². The first-order chi connectivity index (χ1) is 15.7. The van der Waals surface area contributed by atoms with Gasteiger partial charge in [-0.05, 0) is 49.6 Å². The van der Waals surface area contributed by atoms with Crippen LogP contribution in [0.25, 0.3) is 0 Å². The predicted molar refractivity (Wildman–Crippen MR) is 140 cm³/mol. The molecule has 0 amide bonds. The second-order valence-electron chi connectivity index (χ2n) is 7.63. The van der Waals surface area contributed by atoms with Gasteiger partial charge in [0.1, 0.15) is 5.85 Å². The Balaban J connectivity index is 1.55. The van der Waals surface area contributed by atoms with Gasteiger partial charge in [-0.3, -0.25) is 0 Å². The van der Waals surface area contributed by atoms with Gasteiger partial charge < -0.3 is 10.2 Å². The molecule has 0 aliphatic heterocycles. The SMILES string of the molecule is OC(CCP(c1ccccc1)c1ccccc1)C(O)P(c1ccccc1)c1ccccc1. The van der Waals surface area contributed by atoms with Crippen LogP contribution in [-0.4, -0.2) is 28.3 Å². The Morgan fingerprint density at radius 1 is 0.500 bits per heavy atom. The fourth-order valence-electron chi connectivity index (χ4n) is 3.84. The number of aliphatic hydroxyl groups is 2. The van der Waals surface area contributed by atoms with Crippen molar-refractivity contribution in [3.63, 3.8) is 0 Å². The lowest BCUT2D eigenvalue weighted by Gasteiger charge is -2.29. The molecule has 162 valence electrons. The largest absolute Gasteiger partial charge is 0.390 e. The monoisotopic (exact) mass is 458 g/mol. The van der Waals surface area contributed by atoms with Crippen molar-refractivity contribution in [2.75, 3.05) is 6.16 Å². The molecular formula is C28H28O2P2. The van der Waals surface area contributed by atoms with Crippen LogP contribution < -0.4 is 21.2 Å². The van der Waals surface area contributed by atoms with Crippen LogP contribution in [0.1, 0.15) is 6.42 Å². The zero-order valence-electron chi connectivity index (χ0n) is 17.9. The Labute approximate surface area is 193 Å². The summed E-state index contributed by atoms with van der Waals surface area (Å²) in [5.74, 6) is -0.821. The number of hydrogen-bond acceptors (Lipinski definition) is 2. The summed E-state index contributed by atoms with van der Waals surface area (Å²) in [6.07, 6.45) is 0.586. The van der Waals surface area contributed by atoms with Gasteiger partial charge in [0.25, 0.3) is 0 Å². The highest BCUT2D eigenvalue weighted by molar-refractivity contribution is 7.73. The van der Waals surface area contributed by atoms with Crippen molar-refractivity contribution in [1.82, 2.24) is 0 Å². The lowest BCUT2D eigenvalue weighted by Crippen LogP contribution is -2.32. The summed E-state index contributed by atoms with van der Waals surface area (Å²) in [4.78, 5) is 0. The normalized spacial score (nSPS) is 13.2. The van der Waals surface area contributed by atoms with Crippen molar-refractivity contribution in [1.29, 1.82) is 0 Å². The van der Waals surface area contributed by atoms with Gasteiger partial charge in [0.05, 0.1) is 6.10 Å². The zero-order chi connectivity index (χ0) is 22.2. The molecule has 32 heavy (non-hydrogen) atoms. The van der Waals surface area contributed by atoms with Gasteiger partial charge in [-0.25, -0.2) is 0 Å². The first-order valence-electron chi connectivity index (χ1n) is 10.9. The molecule has 0 heterocycles. The molecule has 0 aromatic heterocycles. The molecule has 0 fully saturated rings. The molecule has 0 saturated heterocycles. The van der Waals surface area contributed by atoms with Crippen molar-refractivity contribution in [2.45, 2.75) is 18.4 Å². The molecule has 4 heteroatoms. The summed E-state index contributed by atoms with van der Waals surface area (Å²) in [5.41, 5.74) is 0. The Morgan fingerprint density at radius 3 is 1.22 bits per heavy atom. The quantitative estimate of drug-likeness (QED) is 0.367. The molecule has 4 aromatic rings. The summed E-state index contributed by atoms with van der Waals surface area (Å²) >= 11 is 0. The second-order valence-corrected chi connectivity index (χ2v) is 12.3. The highest BCUT2D eigenvalue weighted by Crippen LogP contribution is 2.42. The summed E-state index contributed by atoms with van der Waals surface area (Å²) < 4.78 is 0. The number of aliphatic hydroxyl groups excluding tert-OH is 2. The lowest BCUT2D eigenvalue weighted by atomic mass is 10.3. The predicted octanol–water partition coefficient (Wildman–Crippen LogP) is 4.32. The molecule has 0 aliphatic carbocycles. The van der Waals surface area contributed by atoms with Gasteiger partial charge in [-0.2, -0.15) is 0 Å². The lowest BCUT2D eigenvalue weighted by molar-refractivity contribution is 0.0691. The van der Waals surface area contributed by atoms with Gasteiger partial charge in [0.15, 0.2) is 0 Å². The van der Waals surface area contributed by atoms with Crippen molar-refractivity contribution in [3.8, 4) is 0 Å². The van der Waals surface area contributed by atoms with E-state index in [1.54, 1.807) is 0 Å². The van der Waals surface area contributed by atoms with Crippen LogP contribution in [-0.2, 0) is 0 Å². The fourth-order valence-corrected chi connectivity index (χ4v) is 8.63. The third kappa shape index (κ3) is 5.71. The highest BCUT2D eigenvalue weighted by atomic mass is 31.1. The zero-order valence-corrected chi connectivity index (χ0v) is 19.7. The summed E-state index contributed by atoms with van der Waals surface area (Å²) in [6.45, 7) is 0. The van der Waals surface area contributed by atoms with Crippen molar-refractivity contribution in [3.05, 3.63) is 121 Å². The molecule has 0 radical (unpaired) electrons. The molecular weight excluding hydrogens is 430 g/mol. The van der Waals surface area contributed by atoms with E-state index in [4.69, 9.17) is 0 Å². The summed E-state index contributed by atoms with van der Waals surface area (Å²) in [5, 5.41) is 27.2. The van der Waals surface area contributed by atoms with E-state index >= 15 is 0 Å². The standard InChI is InChI=1S/C28H28O2P2/c29-27(21-22-31(23-13-5-1-6-14-23)24-15-7-2-8-16-24)28(30)32(25-17-9-3-10-18-25)26-19-11-4-12-20-26/h1-20,27-30H,21-22H2. The van der Waals surface area contributed by atoms with E-state index < -0.39 is 27.8 Å². The Kier molecular flexibility index (Phi) is 8.21. The molecule has 2 nitrogen and oxygen atoms in total. The average Bonchev–Trinajstić information content (AvgIpc) is 2.87. The Morgan fingerprint density at radius 2 is 0.844 bits per heavy atom. The van der Waals surface area contributed by atoms with Crippen molar-refractivity contribution < 1.29 is 10.2 Å². The first kappa shape index (κ1) is 22.8. The molecule has 4 aromatic carbocycles. The Bertz CT molecular complexity index is 981. The minimum atomic E-state index is -1.08. The Hall–Kier alpha value is -2.34. The molecule has 0 saturated carbocycles. The topological polar surface area (TPSA) is 40.5 Å². The van der Waals surface area contributed by atoms with E-state index in [1.807, 2.05) is 48.5 Å². The maximum absolute atomic E-state index is 11.3. The number of hydrogen-bond donors (Lipinski definition) is 2. The van der Waals surface area contributed by atoms with Crippen LogP contribution in [0.3, 0.4) is 0 Å². The number of benzene rings is 4. The van der Waals surface area contributed by atoms with Gasteiger partial charge in [-0.1, -0.05) is 121 Å². The molecule has 4 rings (SSSR count). The minimum absolute atomic E-state index is 0.551. The molecule has 2 N–H and O–H groups in total. The van der Waals surface area contributed by atoms with Gasteiger partial charge in [0.2, 0.25) is 0 Å². The van der Waals surface area contributed by atoms with Crippen molar-refractivity contribution >= 4 is 37.1 Å². The maximum atomic E-state index is 11.3. The van der Waals surface area contributed by atoms with E-state index in [2.05, 4.69) is 72.8 Å². The van der Waals surface area contributed by atoms with Crippen LogP contribution in [0.2, 0.25) is 0 Å². The highest BCUT2D eigenvalue weighted by Gasteiger charge is 2.29. The molecule has 2 unspecified atom stereocenters. The molecule has 0 spiro atoms. The van der Waals surface area contributed by atoms with Gasteiger partial charge in [-0.15, -0.1) is 0 Å². The van der Waals surface area contributed by atoms with E-state index in [-0.39, 0.29) is 0 Å². The fraction of sp³-hybridized carbons (Fsp3) is 0.143. The van der Waals surface area contributed by atoms with Crippen LogP contribution >= 0.6 is 15.8 Å². The minimum Gasteiger partial charge on any atom is -0.390 e. The van der Waals surface area contributed by atoms with Crippen LogP contribution in [0.4, 0.5) is 0 Å². The summed E-state index contributed by atoms with van der Waals surface area (Å²) in [7, 11) is -1.68. The third-order valence-electron chi connectivity index (χ3n) is 5.46. The maximum Gasteiger partial charge on any atom is 0.107 e. The smallest absolute Gasteiger partial charge is 0.107 e. The molecule has 0 aliphatic rings. The van der Waals surface area contributed by atoms with Crippen molar-refractivity contribution in [2.24, 2.45) is 0 Å². The van der Waals surface area contributed by atoms with Crippen LogP contribution in [0.15, 0.2) is 121 Å². The van der Waals surface area contributed by atoms with Crippen LogP contribution in [0, 0.1) is 0 Å². The molecule has 2 atom stereocenters. The third-order valence-corrected chi connectivity index (χ3v) is 10.6. The van der Waals surface area contributed by atoms with Crippen LogP contribution in [0.5, 0.6) is 0 Å². The average molecular weight is 458 g/mol. The van der Waals surface area contributed by atoms with Gasteiger partial charge in [0, 0.05) is 0 Å². The molecule has 0 bridgehead atoms. The summed E-state index contributed by atoms with van der Waals surface area (Å²) in [6, 6.07) is 41.2. The number of rotatable bonds is 9. The van der Waals surface area contributed by atoms with E-state index in [0.717, 1.165) is 16.8 Å².